The maximum absolute atomic E-state index is 13.3. The van der Waals surface area contributed by atoms with E-state index in [0.29, 0.717) is 6.42 Å². The van der Waals surface area contributed by atoms with Gasteiger partial charge in [-0.15, -0.1) is 0 Å². The van der Waals surface area contributed by atoms with Crippen LogP contribution in [0.2, 0.25) is 0 Å². The number of rotatable bonds is 5. The van der Waals surface area contributed by atoms with Crippen molar-refractivity contribution in [3.63, 3.8) is 0 Å². The quantitative estimate of drug-likeness (QED) is 0.675. The molecular formula is C25H27N3O2. The number of carbonyl (C=O) groups excluding carboxylic acids is 1. The van der Waals surface area contributed by atoms with Gasteiger partial charge in [0.2, 0.25) is 5.91 Å². The Kier molecular flexibility index (Phi) is 5.79. The summed E-state index contributed by atoms with van der Waals surface area (Å²) in [6, 6.07) is 17.0. The average Bonchev–Trinajstić information content (AvgIpc) is 2.76. The van der Waals surface area contributed by atoms with Gasteiger partial charge in [-0.25, -0.2) is 4.68 Å². The fourth-order valence-electron chi connectivity index (χ4n) is 4.21. The van der Waals surface area contributed by atoms with Gasteiger partial charge in [0.25, 0.3) is 5.56 Å². The third-order valence-electron chi connectivity index (χ3n) is 5.75. The summed E-state index contributed by atoms with van der Waals surface area (Å²) in [6.07, 6.45) is 4.13. The summed E-state index contributed by atoms with van der Waals surface area (Å²) < 4.78 is 1.41. The molecule has 1 heterocycles. The molecule has 0 spiro atoms. The number of hydrogen-bond donors (Lipinski definition) is 1. The molecule has 30 heavy (non-hydrogen) atoms. The number of nitrogens with one attached hydrogen (secondary N) is 1. The average molecular weight is 402 g/mol. The third kappa shape index (κ3) is 3.92. The Morgan fingerprint density at radius 1 is 1.07 bits per heavy atom. The van der Waals surface area contributed by atoms with Gasteiger partial charge in [-0.05, 0) is 62.3 Å². The van der Waals surface area contributed by atoms with Gasteiger partial charge >= 0.3 is 0 Å². The van der Waals surface area contributed by atoms with Crippen molar-refractivity contribution in [3.8, 4) is 11.3 Å². The molecule has 1 N–H and O–H groups in total. The zero-order valence-electron chi connectivity index (χ0n) is 17.5. The molecule has 0 unspecified atom stereocenters. The van der Waals surface area contributed by atoms with E-state index in [1.807, 2.05) is 68.4 Å². The largest absolute Gasteiger partial charge is 0.324 e. The van der Waals surface area contributed by atoms with Crippen LogP contribution in [-0.2, 0) is 17.6 Å². The first kappa shape index (κ1) is 20.1. The predicted octanol–water partition coefficient (Wildman–Crippen LogP) is 4.69. The van der Waals surface area contributed by atoms with E-state index in [9.17, 15) is 9.59 Å². The van der Waals surface area contributed by atoms with Crippen LogP contribution in [0.1, 0.15) is 48.9 Å². The standard InChI is InChI=1S/C25H27N3O2/c1-3-22(24(29)26-19-13-9-10-17(2)16-19)28-25(30)21-15-8-7-14-20(21)23(27-28)18-11-5-4-6-12-18/h4-6,9-13,16,22H,3,7-8,14-15H2,1-2H3,(H,26,29)/t22-/m0/s1. The smallest absolute Gasteiger partial charge is 0.271 e. The minimum Gasteiger partial charge on any atom is -0.324 e. The zero-order valence-corrected chi connectivity index (χ0v) is 17.5. The second-order valence-corrected chi connectivity index (χ2v) is 7.91. The van der Waals surface area contributed by atoms with Gasteiger partial charge in [0.1, 0.15) is 6.04 Å². The van der Waals surface area contributed by atoms with Crippen LogP contribution in [0, 0.1) is 6.92 Å². The van der Waals surface area contributed by atoms with E-state index in [-0.39, 0.29) is 11.5 Å². The predicted molar refractivity (Wildman–Crippen MR) is 120 cm³/mol. The van der Waals surface area contributed by atoms with Crippen LogP contribution in [0.25, 0.3) is 11.3 Å². The lowest BCUT2D eigenvalue weighted by molar-refractivity contribution is -0.119. The molecule has 5 nitrogen and oxygen atoms in total. The molecule has 2 aromatic carbocycles. The highest BCUT2D eigenvalue weighted by Crippen LogP contribution is 2.29. The minimum absolute atomic E-state index is 0.129. The van der Waals surface area contributed by atoms with E-state index in [4.69, 9.17) is 5.10 Å². The lowest BCUT2D eigenvalue weighted by atomic mass is 9.89. The van der Waals surface area contributed by atoms with Gasteiger partial charge in [-0.1, -0.05) is 49.4 Å². The Morgan fingerprint density at radius 3 is 2.50 bits per heavy atom. The first-order valence-electron chi connectivity index (χ1n) is 10.7. The second kappa shape index (κ2) is 8.66. The van der Waals surface area contributed by atoms with Crippen LogP contribution in [0.5, 0.6) is 0 Å². The number of benzene rings is 2. The monoisotopic (exact) mass is 401 g/mol. The summed E-state index contributed by atoms with van der Waals surface area (Å²) in [4.78, 5) is 26.4. The van der Waals surface area contributed by atoms with Gasteiger partial charge in [0.15, 0.2) is 0 Å². The number of carbonyl (C=O) groups is 1. The second-order valence-electron chi connectivity index (χ2n) is 7.91. The lowest BCUT2D eigenvalue weighted by Gasteiger charge is -2.23. The Labute approximate surface area is 176 Å². The molecule has 1 atom stereocenters. The van der Waals surface area contributed by atoms with Gasteiger partial charge in [-0.3, -0.25) is 9.59 Å². The van der Waals surface area contributed by atoms with Crippen LogP contribution in [0.3, 0.4) is 0 Å². The molecule has 1 aliphatic rings. The number of hydrogen-bond acceptors (Lipinski definition) is 3. The van der Waals surface area contributed by atoms with Crippen LogP contribution < -0.4 is 10.9 Å². The van der Waals surface area contributed by atoms with Crippen LogP contribution in [0.4, 0.5) is 5.69 Å². The van der Waals surface area contributed by atoms with E-state index >= 15 is 0 Å². The third-order valence-corrected chi connectivity index (χ3v) is 5.75. The maximum atomic E-state index is 13.3. The molecule has 1 amide bonds. The number of aromatic nitrogens is 2. The van der Waals surface area contributed by atoms with Crippen molar-refractivity contribution in [2.45, 2.75) is 52.0 Å². The Hall–Kier alpha value is -3.21. The number of amides is 1. The molecule has 0 aliphatic heterocycles. The number of anilines is 1. The van der Waals surface area contributed by atoms with Crippen molar-refractivity contribution in [1.29, 1.82) is 0 Å². The number of aryl methyl sites for hydroxylation is 1. The first-order chi connectivity index (χ1) is 14.6. The highest BCUT2D eigenvalue weighted by Gasteiger charge is 2.27. The van der Waals surface area contributed by atoms with E-state index in [1.165, 1.54) is 4.68 Å². The molecule has 0 fully saturated rings. The zero-order chi connectivity index (χ0) is 21.1. The Bertz CT molecular complexity index is 1120. The molecule has 0 radical (unpaired) electrons. The van der Waals surface area contributed by atoms with Crippen LogP contribution in [-0.4, -0.2) is 15.7 Å². The van der Waals surface area contributed by atoms with E-state index in [1.54, 1.807) is 0 Å². The number of fused-ring (bicyclic) bond motifs is 1. The molecule has 4 rings (SSSR count). The van der Waals surface area contributed by atoms with Crippen LogP contribution in [0.15, 0.2) is 59.4 Å². The minimum atomic E-state index is -0.660. The maximum Gasteiger partial charge on any atom is 0.271 e. The topological polar surface area (TPSA) is 64.0 Å². The molecule has 0 saturated carbocycles. The van der Waals surface area contributed by atoms with E-state index in [2.05, 4.69) is 5.32 Å². The Balaban J connectivity index is 1.78. The summed E-state index contributed by atoms with van der Waals surface area (Å²) in [7, 11) is 0. The summed E-state index contributed by atoms with van der Waals surface area (Å²) >= 11 is 0. The van der Waals surface area contributed by atoms with Crippen molar-refractivity contribution in [2.75, 3.05) is 5.32 Å². The van der Waals surface area contributed by atoms with Gasteiger partial charge in [-0.2, -0.15) is 5.10 Å². The van der Waals surface area contributed by atoms with Crippen molar-refractivity contribution < 1.29 is 4.79 Å². The van der Waals surface area contributed by atoms with Crippen LogP contribution >= 0.6 is 0 Å². The molecule has 154 valence electrons. The normalized spacial score (nSPS) is 14.1. The molecule has 0 saturated heterocycles. The molecule has 1 aromatic heterocycles. The molecule has 5 heteroatoms. The number of nitrogens with zero attached hydrogens (tertiary/aromatic N) is 2. The highest BCUT2D eigenvalue weighted by molar-refractivity contribution is 5.93. The summed E-state index contributed by atoms with van der Waals surface area (Å²) in [5.74, 6) is -0.215. The fraction of sp³-hybridized carbons (Fsp3) is 0.320. The Morgan fingerprint density at radius 2 is 1.80 bits per heavy atom. The summed E-state index contributed by atoms with van der Waals surface area (Å²) in [5, 5.41) is 7.71. The van der Waals surface area contributed by atoms with Crippen molar-refractivity contribution in [1.82, 2.24) is 9.78 Å². The van der Waals surface area contributed by atoms with Gasteiger partial charge in [0.05, 0.1) is 5.69 Å². The fourth-order valence-corrected chi connectivity index (χ4v) is 4.21. The van der Waals surface area contributed by atoms with Gasteiger partial charge < -0.3 is 5.32 Å². The van der Waals surface area contributed by atoms with E-state index in [0.717, 1.165) is 59.3 Å². The molecule has 3 aromatic rings. The molecule has 1 aliphatic carbocycles. The van der Waals surface area contributed by atoms with Crippen molar-refractivity contribution >= 4 is 11.6 Å². The molecule has 0 bridgehead atoms. The SMILES string of the molecule is CC[C@@H](C(=O)Nc1cccc(C)c1)n1nc(-c2ccccc2)c2c(c1=O)CCCC2. The lowest BCUT2D eigenvalue weighted by Crippen LogP contribution is -2.38. The van der Waals surface area contributed by atoms with Crippen molar-refractivity contribution in [3.05, 3.63) is 81.6 Å². The van der Waals surface area contributed by atoms with Crippen molar-refractivity contribution in [2.24, 2.45) is 0 Å². The van der Waals surface area contributed by atoms with E-state index < -0.39 is 6.04 Å². The van der Waals surface area contributed by atoms with Gasteiger partial charge in [0, 0.05) is 16.8 Å². The summed E-state index contributed by atoms with van der Waals surface area (Å²) in [5.41, 5.74) is 5.34. The highest BCUT2D eigenvalue weighted by atomic mass is 16.2. The first-order valence-corrected chi connectivity index (χ1v) is 10.7. The summed E-state index contributed by atoms with van der Waals surface area (Å²) in [6.45, 7) is 3.89. The molecular weight excluding hydrogens is 374 g/mol.